The number of hydrogen-bond acceptors (Lipinski definition) is 3. The van der Waals surface area contributed by atoms with Crippen LogP contribution in [0.25, 0.3) is 231 Å². The van der Waals surface area contributed by atoms with Crippen LogP contribution < -0.4 is 0 Å². The van der Waals surface area contributed by atoms with Crippen molar-refractivity contribution in [3.8, 4) is 74.8 Å². The van der Waals surface area contributed by atoms with Crippen LogP contribution in [-0.4, -0.2) is 36.5 Å². The second-order valence-electron chi connectivity index (χ2n) is 32.5. The fraction of sp³-hybridized carbons (Fsp3) is 0.00893. The van der Waals surface area contributed by atoms with Crippen LogP contribution in [0.3, 0.4) is 0 Å². The highest BCUT2D eigenvalue weighted by molar-refractivity contribution is 6.21. The Bertz CT molecular complexity index is 9170. The van der Waals surface area contributed by atoms with Gasteiger partial charge in [-0.3, -0.25) is 0 Å². The SMILES string of the molecule is N#Cc1c(C#N)c(-n2c3ccccc3c3ccccc32)c(-n2c3ccccc3c3cc(-c4ccc5c6ccccc6n(-c6c(C#N)c(C(F)(F)F)c(-n7c8ccccc8c8ccccc87)c(-n7c8ccccc8c8ccccc87)c6-n6c7ccccc7c7ccccc76)c5c4)ccc32)c(-n2c3ccccc3c3ccccc32)c1-n1c2ccccc2c2ccccc21. The minimum atomic E-state index is -5.21. The van der Waals surface area contributed by atoms with Gasteiger partial charge in [0.2, 0.25) is 0 Å². The minimum Gasteiger partial charge on any atom is -0.306 e. The van der Waals surface area contributed by atoms with E-state index in [0.717, 1.165) is 141 Å². The van der Waals surface area contributed by atoms with E-state index in [2.05, 4.69) is 199 Å². The quantitative estimate of drug-likeness (QED) is 0.143. The summed E-state index contributed by atoms with van der Waals surface area (Å²) in [5, 5.41) is 52.0. The van der Waals surface area contributed by atoms with Crippen molar-refractivity contribution in [2.24, 2.45) is 0 Å². The molecule has 8 aromatic heterocycles. The van der Waals surface area contributed by atoms with Crippen molar-refractivity contribution in [1.29, 1.82) is 15.8 Å². The van der Waals surface area contributed by atoms with Gasteiger partial charge in [-0.2, -0.15) is 29.0 Å². The number of fused-ring (bicyclic) bond motifs is 24. The third-order valence-electron chi connectivity index (χ3n) is 26.4. The first-order chi connectivity index (χ1) is 62.2. The summed E-state index contributed by atoms with van der Waals surface area (Å²) in [6.07, 6.45) is -5.21. The number of benzene rings is 18. The molecule has 0 N–H and O–H groups in total. The molecule has 0 aliphatic heterocycles. The zero-order valence-corrected chi connectivity index (χ0v) is 66.8. The molecule has 0 unspecified atom stereocenters. The fourth-order valence-corrected chi connectivity index (χ4v) is 21.5. The van der Waals surface area contributed by atoms with Crippen molar-refractivity contribution in [3.05, 3.63) is 398 Å². The first-order valence-corrected chi connectivity index (χ1v) is 41.9. The molecule has 0 saturated heterocycles. The number of rotatable bonds is 9. The van der Waals surface area contributed by atoms with E-state index in [1.54, 1.807) is 4.57 Å². The summed E-state index contributed by atoms with van der Waals surface area (Å²) < 4.78 is 72.3. The molecule has 0 radical (unpaired) electrons. The van der Waals surface area contributed by atoms with Crippen LogP contribution in [0.4, 0.5) is 13.2 Å². The average molecular weight is 1620 g/mol. The van der Waals surface area contributed by atoms with E-state index in [4.69, 9.17) is 0 Å². The van der Waals surface area contributed by atoms with Crippen LogP contribution in [0.1, 0.15) is 22.3 Å². The average Bonchev–Trinajstić information content (AvgIpc) is 1.48. The van der Waals surface area contributed by atoms with Gasteiger partial charge in [0.15, 0.2) is 0 Å². The van der Waals surface area contributed by atoms with E-state index < -0.39 is 17.3 Å². The number of para-hydroxylation sites is 14. The molecule has 18 aromatic carbocycles. The molecule has 14 heteroatoms. The normalized spacial score (nSPS) is 12.2. The second-order valence-corrected chi connectivity index (χ2v) is 32.5. The van der Waals surface area contributed by atoms with E-state index in [1.165, 1.54) is 0 Å². The lowest BCUT2D eigenvalue weighted by molar-refractivity contribution is -0.137. The van der Waals surface area contributed by atoms with Gasteiger partial charge in [0.1, 0.15) is 23.8 Å². The highest BCUT2D eigenvalue weighted by Gasteiger charge is 2.45. The van der Waals surface area contributed by atoms with Gasteiger partial charge in [-0.15, -0.1) is 0 Å². The summed E-state index contributed by atoms with van der Waals surface area (Å²) >= 11 is 0. The zero-order valence-electron chi connectivity index (χ0n) is 66.8. The maximum atomic E-state index is 18.5. The standard InChI is InChI=1S/C112H62F3N11/c113-112(114,115)103-86(65-118)106(110(123-95-51-23-9-37-76(95)77-38-10-24-52-96(77)123)111(124-97-53-25-11-39-78(97)79-40-12-26-54-98(79)124)107(103)121-91-47-19-5-33-72(91)73-34-6-20-48-92(73)121)126-99-55-27-13-41-80(99)82-59-57-67(62-102(82)126)66-58-60-101-83(61-66)81-42-14-28-56-100(81)125(101)109-105(120-89-45-17-3-31-70(89)71-32-4-18-46-90(71)120)85(64-117)84(63-116)104(119-87-43-15-1-29-68(87)69-30-2-16-44-88(69)119)108(109)122-93-49-21-7-35-74(93)75-36-8-22-50-94(75)122/h1-62H. The molecule has 586 valence electrons. The lowest BCUT2D eigenvalue weighted by Gasteiger charge is -2.29. The number of hydrogen-bond donors (Lipinski definition) is 0. The van der Waals surface area contributed by atoms with Gasteiger partial charge in [0.25, 0.3) is 0 Å². The number of aromatic nitrogens is 8. The Morgan fingerprint density at radius 2 is 0.341 bits per heavy atom. The summed E-state index contributed by atoms with van der Waals surface area (Å²) in [6, 6.07) is 134. The summed E-state index contributed by atoms with van der Waals surface area (Å²) in [5.74, 6) is 0. The zero-order chi connectivity index (χ0) is 83.6. The molecule has 26 aromatic rings. The summed E-state index contributed by atoms with van der Waals surface area (Å²) in [4.78, 5) is 0. The number of alkyl halides is 3. The topological polar surface area (TPSA) is 111 Å². The Labute approximate surface area is 714 Å². The molecule has 126 heavy (non-hydrogen) atoms. The molecule has 0 spiro atoms. The second kappa shape index (κ2) is 26.3. The van der Waals surface area contributed by atoms with Crippen LogP contribution in [0.5, 0.6) is 0 Å². The van der Waals surface area contributed by atoms with Gasteiger partial charge in [-0.05, 0) is 114 Å². The van der Waals surface area contributed by atoms with E-state index in [9.17, 15) is 15.8 Å². The third-order valence-corrected chi connectivity index (χ3v) is 26.4. The molecule has 0 aliphatic carbocycles. The Morgan fingerprint density at radius 1 is 0.167 bits per heavy atom. The summed E-state index contributed by atoms with van der Waals surface area (Å²) in [6.45, 7) is 0. The number of halogens is 3. The van der Waals surface area contributed by atoms with Crippen LogP contribution >= 0.6 is 0 Å². The lowest BCUT2D eigenvalue weighted by Crippen LogP contribution is -2.22. The van der Waals surface area contributed by atoms with Crippen molar-refractivity contribution in [3.63, 3.8) is 0 Å². The van der Waals surface area contributed by atoms with Gasteiger partial charge in [-0.25, -0.2) is 0 Å². The molecule has 0 atom stereocenters. The van der Waals surface area contributed by atoms with E-state index in [0.29, 0.717) is 72.6 Å². The Kier molecular flexibility index (Phi) is 14.7. The lowest BCUT2D eigenvalue weighted by atomic mass is 9.97. The molecule has 11 nitrogen and oxygen atoms in total. The largest absolute Gasteiger partial charge is 0.419 e. The van der Waals surface area contributed by atoms with Gasteiger partial charge in [0, 0.05) is 86.2 Å². The highest BCUT2D eigenvalue weighted by atomic mass is 19.4. The molecule has 8 heterocycles. The monoisotopic (exact) mass is 1620 g/mol. The summed E-state index contributed by atoms with van der Waals surface area (Å²) in [5.41, 5.74) is 14.4. The van der Waals surface area contributed by atoms with E-state index in [1.807, 2.05) is 228 Å². The van der Waals surface area contributed by atoms with E-state index >= 15 is 13.2 Å². The smallest absolute Gasteiger partial charge is 0.306 e. The number of nitrogens with zero attached hydrogens (tertiary/aromatic N) is 11. The molecule has 0 fully saturated rings. The maximum Gasteiger partial charge on any atom is 0.419 e. The minimum absolute atomic E-state index is 0.0251. The fourth-order valence-electron chi connectivity index (χ4n) is 21.5. The predicted molar refractivity (Wildman–Crippen MR) is 506 cm³/mol. The highest BCUT2D eigenvalue weighted by Crippen LogP contribution is 2.55. The molecule has 0 saturated carbocycles. The van der Waals surface area contributed by atoms with Crippen molar-refractivity contribution in [2.75, 3.05) is 0 Å². The van der Waals surface area contributed by atoms with Crippen LogP contribution in [0.2, 0.25) is 0 Å². The predicted octanol–water partition coefficient (Wildman–Crippen LogP) is 28.8. The first kappa shape index (κ1) is 70.5. The van der Waals surface area contributed by atoms with Gasteiger partial charge in [0.05, 0.1) is 150 Å². The molecule has 26 rings (SSSR count). The molecule has 0 bridgehead atoms. The molecule has 0 aliphatic rings. The summed E-state index contributed by atoms with van der Waals surface area (Å²) in [7, 11) is 0. The van der Waals surface area contributed by atoms with Gasteiger partial charge < -0.3 is 36.5 Å². The van der Waals surface area contributed by atoms with Crippen molar-refractivity contribution in [1.82, 2.24) is 36.5 Å². The number of nitriles is 3. The Balaban J connectivity index is 0.819. The van der Waals surface area contributed by atoms with Crippen LogP contribution in [-0.2, 0) is 6.18 Å². The molecule has 0 amide bonds. The third kappa shape index (κ3) is 9.46. The molecular weight excluding hydrogens is 1560 g/mol. The van der Waals surface area contributed by atoms with Gasteiger partial charge in [-0.1, -0.05) is 273 Å². The van der Waals surface area contributed by atoms with Crippen LogP contribution in [0.15, 0.2) is 376 Å². The van der Waals surface area contributed by atoms with E-state index in [-0.39, 0.29) is 28.2 Å². The van der Waals surface area contributed by atoms with Crippen LogP contribution in [0, 0.1) is 34.0 Å². The first-order valence-electron chi connectivity index (χ1n) is 41.9. The van der Waals surface area contributed by atoms with Crippen molar-refractivity contribution < 1.29 is 13.2 Å². The van der Waals surface area contributed by atoms with Crippen molar-refractivity contribution >= 4 is 174 Å². The Hall–Kier alpha value is -17.4. The molecular formula is C112H62F3N11. The maximum absolute atomic E-state index is 18.5. The van der Waals surface area contributed by atoms with Crippen molar-refractivity contribution in [2.45, 2.75) is 6.18 Å². The van der Waals surface area contributed by atoms with Gasteiger partial charge >= 0.3 is 6.18 Å². The Morgan fingerprint density at radius 3 is 0.587 bits per heavy atom.